The van der Waals surface area contributed by atoms with Gasteiger partial charge in [0.05, 0.1) is 26.9 Å². The van der Waals surface area contributed by atoms with Gasteiger partial charge in [0.15, 0.2) is 6.61 Å². The molecule has 1 heterocycles. The lowest BCUT2D eigenvalue weighted by Gasteiger charge is -2.09. The van der Waals surface area contributed by atoms with Crippen LogP contribution in [0.25, 0.3) is 0 Å². The summed E-state index contributed by atoms with van der Waals surface area (Å²) in [5.41, 5.74) is 0.510. The van der Waals surface area contributed by atoms with Crippen LogP contribution in [0.2, 0.25) is 0 Å². The number of carbonyl (C=O) groups is 4. The second-order valence-corrected chi connectivity index (χ2v) is 6.59. The van der Waals surface area contributed by atoms with Gasteiger partial charge >= 0.3 is 17.9 Å². The first-order chi connectivity index (χ1) is 13.8. The van der Waals surface area contributed by atoms with Gasteiger partial charge in [0, 0.05) is 0 Å². The van der Waals surface area contributed by atoms with Gasteiger partial charge in [-0.1, -0.05) is 12.1 Å². The van der Waals surface area contributed by atoms with Crippen molar-refractivity contribution in [3.05, 3.63) is 45.8 Å². The minimum absolute atomic E-state index is 0.0299. The Morgan fingerprint density at radius 3 is 2.24 bits per heavy atom. The largest absolute Gasteiger partial charge is 0.496 e. The van der Waals surface area contributed by atoms with E-state index in [0.29, 0.717) is 11.3 Å². The summed E-state index contributed by atoms with van der Waals surface area (Å²) in [5.74, 6) is -2.52. The number of para-hydroxylation sites is 1. The maximum absolute atomic E-state index is 12.2. The van der Waals surface area contributed by atoms with Crippen LogP contribution in [0, 0.1) is 6.92 Å². The molecular weight excluding hydrogens is 402 g/mol. The van der Waals surface area contributed by atoms with E-state index in [1.54, 1.807) is 18.2 Å². The molecule has 154 valence electrons. The molecule has 1 aromatic heterocycles. The van der Waals surface area contributed by atoms with Gasteiger partial charge in [-0.15, -0.1) is 11.3 Å². The first kappa shape index (κ1) is 21.9. The van der Waals surface area contributed by atoms with Crippen LogP contribution in [-0.2, 0) is 19.0 Å². The predicted octanol–water partition coefficient (Wildman–Crippen LogP) is 2.43. The fourth-order valence-corrected chi connectivity index (χ4v) is 3.55. The Labute approximate surface area is 170 Å². The SMILES string of the molecule is COC(=O)c1sc(NC(=O)COC(=O)c2ccccc2OC)c(C(=O)OC)c1C. The van der Waals surface area contributed by atoms with Gasteiger partial charge in [-0.3, -0.25) is 4.79 Å². The number of thiophene rings is 1. The van der Waals surface area contributed by atoms with Gasteiger partial charge in [-0.25, -0.2) is 14.4 Å². The Balaban J connectivity index is 2.15. The molecule has 9 nitrogen and oxygen atoms in total. The number of ether oxygens (including phenoxy) is 4. The van der Waals surface area contributed by atoms with Crippen LogP contribution < -0.4 is 10.1 Å². The predicted molar refractivity (Wildman–Crippen MR) is 104 cm³/mol. The number of benzene rings is 1. The maximum Gasteiger partial charge on any atom is 0.348 e. The molecule has 0 aliphatic carbocycles. The van der Waals surface area contributed by atoms with Crippen molar-refractivity contribution in [3.63, 3.8) is 0 Å². The van der Waals surface area contributed by atoms with E-state index in [-0.39, 0.29) is 21.0 Å². The van der Waals surface area contributed by atoms with Gasteiger partial charge < -0.3 is 24.3 Å². The van der Waals surface area contributed by atoms with E-state index in [1.165, 1.54) is 34.3 Å². The minimum Gasteiger partial charge on any atom is -0.496 e. The molecule has 1 N–H and O–H groups in total. The van der Waals surface area contributed by atoms with Crippen LogP contribution in [0.15, 0.2) is 24.3 Å². The Bertz CT molecular complexity index is 950. The number of anilines is 1. The van der Waals surface area contributed by atoms with E-state index < -0.39 is 30.4 Å². The number of hydrogen-bond acceptors (Lipinski definition) is 9. The van der Waals surface area contributed by atoms with Gasteiger partial charge in [0.2, 0.25) is 0 Å². The summed E-state index contributed by atoms with van der Waals surface area (Å²) in [6.45, 7) is 0.925. The second-order valence-electron chi connectivity index (χ2n) is 5.57. The lowest BCUT2D eigenvalue weighted by molar-refractivity contribution is -0.119. The van der Waals surface area contributed by atoms with Crippen molar-refractivity contribution < 1.29 is 38.1 Å². The van der Waals surface area contributed by atoms with Crippen molar-refractivity contribution in [2.24, 2.45) is 0 Å². The minimum atomic E-state index is -0.747. The summed E-state index contributed by atoms with van der Waals surface area (Å²) < 4.78 is 19.5. The van der Waals surface area contributed by atoms with Gasteiger partial charge in [0.25, 0.3) is 5.91 Å². The molecule has 2 rings (SSSR count). The fraction of sp³-hybridized carbons (Fsp3) is 0.263. The van der Waals surface area contributed by atoms with E-state index in [1.807, 2.05) is 0 Å². The molecule has 0 fully saturated rings. The number of amides is 1. The normalized spacial score (nSPS) is 10.1. The summed E-state index contributed by atoms with van der Waals surface area (Å²) >= 11 is 0.860. The quantitative estimate of drug-likeness (QED) is 0.535. The van der Waals surface area contributed by atoms with Crippen LogP contribution in [0.4, 0.5) is 5.00 Å². The Kier molecular flexibility index (Phi) is 7.32. The lowest BCUT2D eigenvalue weighted by atomic mass is 10.1. The molecule has 1 amide bonds. The number of esters is 3. The molecule has 29 heavy (non-hydrogen) atoms. The first-order valence-electron chi connectivity index (χ1n) is 8.24. The highest BCUT2D eigenvalue weighted by Gasteiger charge is 2.27. The number of hydrogen-bond donors (Lipinski definition) is 1. The number of methoxy groups -OCH3 is 3. The average molecular weight is 421 g/mol. The Morgan fingerprint density at radius 1 is 0.966 bits per heavy atom. The number of nitrogens with one attached hydrogen (secondary N) is 1. The summed E-state index contributed by atoms with van der Waals surface area (Å²) in [6.07, 6.45) is 0. The van der Waals surface area contributed by atoms with E-state index >= 15 is 0 Å². The van der Waals surface area contributed by atoms with Gasteiger partial charge in [-0.2, -0.15) is 0 Å². The van der Waals surface area contributed by atoms with Crippen LogP contribution in [0.3, 0.4) is 0 Å². The molecule has 0 saturated carbocycles. The molecule has 0 spiro atoms. The molecule has 0 aliphatic heterocycles. The molecule has 1 aromatic carbocycles. The lowest BCUT2D eigenvalue weighted by Crippen LogP contribution is -2.21. The van der Waals surface area contributed by atoms with Crippen LogP contribution in [0.5, 0.6) is 5.75 Å². The summed E-state index contributed by atoms with van der Waals surface area (Å²) in [4.78, 5) is 48.5. The van der Waals surface area contributed by atoms with Crippen molar-refractivity contribution >= 4 is 40.2 Å². The van der Waals surface area contributed by atoms with Gasteiger partial charge in [-0.05, 0) is 24.6 Å². The monoisotopic (exact) mass is 421 g/mol. The third-order valence-corrected chi connectivity index (χ3v) is 5.01. The topological polar surface area (TPSA) is 117 Å². The highest BCUT2D eigenvalue weighted by molar-refractivity contribution is 7.18. The molecule has 0 bridgehead atoms. The highest BCUT2D eigenvalue weighted by atomic mass is 32.1. The Morgan fingerprint density at radius 2 is 1.62 bits per heavy atom. The fourth-order valence-electron chi connectivity index (χ4n) is 2.42. The highest BCUT2D eigenvalue weighted by Crippen LogP contribution is 2.34. The Hall–Kier alpha value is -3.40. The second kappa shape index (κ2) is 9.69. The van der Waals surface area contributed by atoms with E-state index in [4.69, 9.17) is 14.2 Å². The van der Waals surface area contributed by atoms with Crippen molar-refractivity contribution in [2.45, 2.75) is 6.92 Å². The van der Waals surface area contributed by atoms with Crippen molar-refractivity contribution in [1.82, 2.24) is 0 Å². The summed E-state index contributed by atoms with van der Waals surface area (Å²) in [5, 5.41) is 2.55. The van der Waals surface area contributed by atoms with Crippen molar-refractivity contribution in [3.8, 4) is 5.75 Å². The molecular formula is C19H19NO8S. The zero-order chi connectivity index (χ0) is 21.6. The van der Waals surface area contributed by atoms with Crippen LogP contribution >= 0.6 is 11.3 Å². The third-order valence-electron chi connectivity index (χ3n) is 3.82. The van der Waals surface area contributed by atoms with Crippen LogP contribution in [-0.4, -0.2) is 51.8 Å². The molecule has 0 aliphatic rings. The average Bonchev–Trinajstić information content (AvgIpc) is 3.06. The standard InChI is InChI=1S/C19H19NO8S/c1-10-14(18(23)26-3)16(29-15(10)19(24)27-4)20-13(21)9-28-17(22)11-7-5-6-8-12(11)25-2/h5-8H,9H2,1-4H3,(H,20,21). The van der Waals surface area contributed by atoms with Crippen molar-refractivity contribution in [1.29, 1.82) is 0 Å². The van der Waals surface area contributed by atoms with Crippen molar-refractivity contribution in [2.75, 3.05) is 33.3 Å². The molecule has 0 unspecified atom stereocenters. The van der Waals surface area contributed by atoms with Crippen LogP contribution in [0.1, 0.15) is 36.0 Å². The molecule has 0 atom stereocenters. The van der Waals surface area contributed by atoms with E-state index in [2.05, 4.69) is 10.1 Å². The summed E-state index contributed by atoms with van der Waals surface area (Å²) in [6, 6.07) is 6.40. The molecule has 0 saturated heterocycles. The zero-order valence-corrected chi connectivity index (χ0v) is 17.0. The third kappa shape index (κ3) is 4.91. The summed E-state index contributed by atoms with van der Waals surface area (Å²) in [7, 11) is 3.79. The molecule has 2 aromatic rings. The molecule has 10 heteroatoms. The number of rotatable bonds is 7. The first-order valence-corrected chi connectivity index (χ1v) is 9.05. The van der Waals surface area contributed by atoms with E-state index in [0.717, 1.165) is 11.3 Å². The zero-order valence-electron chi connectivity index (χ0n) is 16.2. The molecule has 0 radical (unpaired) electrons. The van der Waals surface area contributed by atoms with Gasteiger partial charge in [0.1, 0.15) is 21.2 Å². The smallest absolute Gasteiger partial charge is 0.348 e. The maximum atomic E-state index is 12.2. The number of carbonyl (C=O) groups excluding carboxylic acids is 4. The van der Waals surface area contributed by atoms with E-state index in [9.17, 15) is 19.2 Å².